The van der Waals surface area contributed by atoms with Crippen molar-refractivity contribution in [3.05, 3.63) is 0 Å². The molecule has 2 heteroatoms. The van der Waals surface area contributed by atoms with Crippen molar-refractivity contribution < 1.29 is 0 Å². The highest BCUT2D eigenvalue weighted by Crippen LogP contribution is 2.23. The summed E-state index contributed by atoms with van der Waals surface area (Å²) in [6, 6.07) is 0.755. The summed E-state index contributed by atoms with van der Waals surface area (Å²) in [6.07, 6.45) is 5.38. The topological polar surface area (TPSA) is 12.0 Å². The molecule has 1 nitrogen and oxygen atoms in total. The van der Waals surface area contributed by atoms with Crippen LogP contribution in [0.3, 0.4) is 0 Å². The molecule has 1 heterocycles. The van der Waals surface area contributed by atoms with Crippen molar-refractivity contribution in [1.29, 1.82) is 0 Å². The average Bonchev–Trinajstić information content (AvgIpc) is 2.76. The van der Waals surface area contributed by atoms with Gasteiger partial charge in [-0.05, 0) is 49.1 Å². The lowest BCUT2D eigenvalue weighted by molar-refractivity contribution is 0.365. The molecule has 0 bridgehead atoms. The molecule has 0 radical (unpaired) electrons. The summed E-state index contributed by atoms with van der Waals surface area (Å²) in [5, 5.41) is 3.76. The van der Waals surface area contributed by atoms with E-state index in [0.29, 0.717) is 0 Å². The van der Waals surface area contributed by atoms with Gasteiger partial charge in [0.15, 0.2) is 0 Å². The first-order valence-corrected chi connectivity index (χ1v) is 7.72. The summed E-state index contributed by atoms with van der Waals surface area (Å²) in [4.78, 5) is 0. The third-order valence-corrected chi connectivity index (χ3v) is 4.83. The molecule has 3 unspecified atom stereocenters. The van der Waals surface area contributed by atoms with Gasteiger partial charge in [-0.3, -0.25) is 0 Å². The summed E-state index contributed by atoms with van der Waals surface area (Å²) in [7, 11) is 0. The maximum absolute atomic E-state index is 3.76. The van der Waals surface area contributed by atoms with Crippen LogP contribution < -0.4 is 5.32 Å². The summed E-state index contributed by atoms with van der Waals surface area (Å²) >= 11 is 2.12. The second-order valence-corrected chi connectivity index (χ2v) is 6.14. The van der Waals surface area contributed by atoms with Gasteiger partial charge in [0, 0.05) is 6.04 Å². The quantitative estimate of drug-likeness (QED) is 0.716. The monoisotopic (exact) mass is 229 g/mol. The Morgan fingerprint density at radius 1 is 1.33 bits per heavy atom. The van der Waals surface area contributed by atoms with Gasteiger partial charge in [-0.25, -0.2) is 0 Å². The summed E-state index contributed by atoms with van der Waals surface area (Å²) < 4.78 is 0. The molecule has 1 N–H and O–H groups in total. The van der Waals surface area contributed by atoms with Crippen LogP contribution in [0.25, 0.3) is 0 Å². The standard InChI is InChI=1S/C13H27NS/c1-4-11(3)8-13(5-2)14-9-12-6-7-15-10-12/h11-14H,4-10H2,1-3H3. The Labute approximate surface area is 99.8 Å². The van der Waals surface area contributed by atoms with Gasteiger partial charge in [0.25, 0.3) is 0 Å². The van der Waals surface area contributed by atoms with E-state index in [9.17, 15) is 0 Å². The predicted octanol–water partition coefficient (Wildman–Crippen LogP) is 3.54. The van der Waals surface area contributed by atoms with Crippen LogP contribution in [0.4, 0.5) is 0 Å². The fraction of sp³-hybridized carbons (Fsp3) is 1.00. The van der Waals surface area contributed by atoms with E-state index in [2.05, 4.69) is 37.8 Å². The van der Waals surface area contributed by atoms with Crippen LogP contribution in [0.15, 0.2) is 0 Å². The number of hydrogen-bond donors (Lipinski definition) is 1. The molecule has 1 aliphatic rings. The Hall–Kier alpha value is 0.310. The van der Waals surface area contributed by atoms with Crippen LogP contribution in [-0.2, 0) is 0 Å². The maximum Gasteiger partial charge on any atom is 0.00670 e. The third kappa shape index (κ3) is 5.26. The Morgan fingerprint density at radius 3 is 2.67 bits per heavy atom. The second-order valence-electron chi connectivity index (χ2n) is 4.99. The Bertz CT molecular complexity index is 155. The molecule has 90 valence electrons. The van der Waals surface area contributed by atoms with E-state index < -0.39 is 0 Å². The lowest BCUT2D eigenvalue weighted by Gasteiger charge is -2.22. The van der Waals surface area contributed by atoms with E-state index in [1.165, 1.54) is 43.7 Å². The average molecular weight is 229 g/mol. The Balaban J connectivity index is 2.14. The number of hydrogen-bond acceptors (Lipinski definition) is 2. The van der Waals surface area contributed by atoms with Gasteiger partial charge >= 0.3 is 0 Å². The smallest absolute Gasteiger partial charge is 0.00670 e. The van der Waals surface area contributed by atoms with Crippen molar-refractivity contribution in [2.24, 2.45) is 11.8 Å². The molecule has 1 aliphatic heterocycles. The van der Waals surface area contributed by atoms with Crippen LogP contribution in [0.1, 0.15) is 46.5 Å². The van der Waals surface area contributed by atoms with E-state index in [-0.39, 0.29) is 0 Å². The molecule has 0 aromatic carbocycles. The first-order chi connectivity index (χ1) is 7.26. The molecule has 1 rings (SSSR count). The van der Waals surface area contributed by atoms with Crippen molar-refractivity contribution in [1.82, 2.24) is 5.32 Å². The van der Waals surface area contributed by atoms with Crippen molar-refractivity contribution >= 4 is 11.8 Å². The van der Waals surface area contributed by atoms with Gasteiger partial charge in [0.05, 0.1) is 0 Å². The molecule has 1 fully saturated rings. The van der Waals surface area contributed by atoms with Gasteiger partial charge in [-0.15, -0.1) is 0 Å². The van der Waals surface area contributed by atoms with Gasteiger partial charge in [-0.1, -0.05) is 27.2 Å². The van der Waals surface area contributed by atoms with Gasteiger partial charge in [0.2, 0.25) is 0 Å². The second kappa shape index (κ2) is 7.56. The highest BCUT2D eigenvalue weighted by molar-refractivity contribution is 7.99. The number of rotatable bonds is 7. The molecule has 0 saturated carbocycles. The van der Waals surface area contributed by atoms with Crippen molar-refractivity contribution in [3.8, 4) is 0 Å². The summed E-state index contributed by atoms with van der Waals surface area (Å²) in [6.45, 7) is 8.23. The highest BCUT2D eigenvalue weighted by Gasteiger charge is 2.17. The van der Waals surface area contributed by atoms with E-state index in [4.69, 9.17) is 0 Å². The first-order valence-electron chi connectivity index (χ1n) is 6.57. The summed E-state index contributed by atoms with van der Waals surface area (Å²) in [5.74, 6) is 4.59. The van der Waals surface area contributed by atoms with E-state index >= 15 is 0 Å². The van der Waals surface area contributed by atoms with Crippen LogP contribution >= 0.6 is 11.8 Å². The molecule has 1 saturated heterocycles. The zero-order valence-corrected chi connectivity index (χ0v) is 11.4. The van der Waals surface area contributed by atoms with Gasteiger partial charge in [-0.2, -0.15) is 11.8 Å². The van der Waals surface area contributed by atoms with Crippen LogP contribution in [-0.4, -0.2) is 24.1 Å². The SMILES string of the molecule is CCC(C)CC(CC)NCC1CCSC1. The molecule has 0 aromatic heterocycles. The predicted molar refractivity (Wildman–Crippen MR) is 71.6 cm³/mol. The first kappa shape index (κ1) is 13.4. The minimum Gasteiger partial charge on any atom is -0.314 e. The molecular formula is C13H27NS. The van der Waals surface area contributed by atoms with Crippen molar-refractivity contribution in [2.75, 3.05) is 18.1 Å². The summed E-state index contributed by atoms with van der Waals surface area (Å²) in [5.41, 5.74) is 0. The largest absolute Gasteiger partial charge is 0.314 e. The van der Waals surface area contributed by atoms with Gasteiger partial charge in [0.1, 0.15) is 0 Å². The fourth-order valence-corrected chi connectivity index (χ4v) is 3.41. The minimum atomic E-state index is 0.755. The fourth-order valence-electron chi connectivity index (χ4n) is 2.12. The molecule has 0 spiro atoms. The number of nitrogens with one attached hydrogen (secondary N) is 1. The lowest BCUT2D eigenvalue weighted by atomic mass is 9.97. The lowest BCUT2D eigenvalue weighted by Crippen LogP contribution is -2.34. The van der Waals surface area contributed by atoms with Crippen LogP contribution in [0.2, 0.25) is 0 Å². The van der Waals surface area contributed by atoms with Gasteiger partial charge < -0.3 is 5.32 Å². The normalized spacial score (nSPS) is 25.4. The third-order valence-electron chi connectivity index (χ3n) is 3.60. The van der Waals surface area contributed by atoms with Crippen LogP contribution in [0.5, 0.6) is 0 Å². The Morgan fingerprint density at radius 2 is 2.13 bits per heavy atom. The zero-order chi connectivity index (χ0) is 11.1. The maximum atomic E-state index is 3.76. The molecule has 0 amide bonds. The Kier molecular flexibility index (Phi) is 6.74. The van der Waals surface area contributed by atoms with Crippen LogP contribution in [0, 0.1) is 11.8 Å². The molecule has 3 atom stereocenters. The molecule has 15 heavy (non-hydrogen) atoms. The molecule has 0 aromatic rings. The van der Waals surface area contributed by atoms with E-state index in [1.54, 1.807) is 0 Å². The minimum absolute atomic E-state index is 0.755. The van der Waals surface area contributed by atoms with E-state index in [1.807, 2.05) is 0 Å². The van der Waals surface area contributed by atoms with E-state index in [0.717, 1.165) is 17.9 Å². The van der Waals surface area contributed by atoms with Crippen molar-refractivity contribution in [2.45, 2.75) is 52.5 Å². The molecular weight excluding hydrogens is 202 g/mol. The van der Waals surface area contributed by atoms with Crippen molar-refractivity contribution in [3.63, 3.8) is 0 Å². The highest BCUT2D eigenvalue weighted by atomic mass is 32.2. The zero-order valence-electron chi connectivity index (χ0n) is 10.6. The number of thioether (sulfide) groups is 1. The molecule has 0 aliphatic carbocycles.